The smallest absolute Gasteiger partial charge is 0.0991 e. The molecule has 17 heavy (non-hydrogen) atoms. The van der Waals surface area contributed by atoms with Gasteiger partial charge in [-0.15, -0.1) is 0 Å². The number of hydrogen-bond donors (Lipinski definition) is 0. The van der Waals surface area contributed by atoms with Crippen molar-refractivity contribution < 1.29 is 0 Å². The fraction of sp³-hybridized carbons (Fsp3) is 0. The lowest BCUT2D eigenvalue weighted by Gasteiger charge is -2.01. The Morgan fingerprint density at radius 3 is 1.29 bits per heavy atom. The summed E-state index contributed by atoms with van der Waals surface area (Å²) in [5.74, 6) is 0. The maximum atomic E-state index is 8.69. The molecule has 2 rings (SSSR count). The van der Waals surface area contributed by atoms with Gasteiger partial charge in [-0.1, -0.05) is 24.3 Å². The molecule has 0 aliphatic carbocycles. The van der Waals surface area contributed by atoms with Crippen molar-refractivity contribution in [3.05, 3.63) is 77.2 Å². The molecule has 2 heteroatoms. The van der Waals surface area contributed by atoms with E-state index < -0.39 is 0 Å². The fourth-order valence-electron chi connectivity index (χ4n) is 1.50. The van der Waals surface area contributed by atoms with Crippen LogP contribution >= 0.6 is 0 Å². The van der Waals surface area contributed by atoms with Crippen molar-refractivity contribution >= 4 is 0 Å². The first-order valence-corrected chi connectivity index (χ1v) is 5.17. The maximum Gasteiger partial charge on any atom is 0.0991 e. The molecule has 0 unspecified atom stereocenters. The summed E-state index contributed by atoms with van der Waals surface area (Å²) in [6.45, 7) is 0. The highest BCUT2D eigenvalue weighted by molar-refractivity contribution is 5.42. The molecule has 0 fully saturated rings. The van der Waals surface area contributed by atoms with E-state index in [2.05, 4.69) is 12.1 Å². The van der Waals surface area contributed by atoms with Gasteiger partial charge in [-0.25, -0.2) is 0 Å². The summed E-state index contributed by atoms with van der Waals surface area (Å²) >= 11 is 0. The predicted molar refractivity (Wildman–Crippen MR) is 64.8 cm³/mol. The number of rotatable bonds is 2. The minimum Gasteiger partial charge on any atom is -0.192 e. The van der Waals surface area contributed by atoms with E-state index >= 15 is 0 Å². The van der Waals surface area contributed by atoms with Gasteiger partial charge in [0.15, 0.2) is 0 Å². The molecule has 0 amide bonds. The Labute approximate surface area is 100 Å². The van der Waals surface area contributed by atoms with E-state index in [4.69, 9.17) is 10.5 Å². The average Bonchev–Trinajstić information content (AvgIpc) is 2.40. The zero-order valence-electron chi connectivity index (χ0n) is 9.09. The van der Waals surface area contributed by atoms with Crippen LogP contribution in [0.4, 0.5) is 0 Å². The standard InChI is InChI=1S/C15H9N2/c16-10-14-5-1-12(2-6-14)9-13-3-7-15(11-17)8-4-13/h1-9H. The van der Waals surface area contributed by atoms with Crippen molar-refractivity contribution in [2.45, 2.75) is 0 Å². The van der Waals surface area contributed by atoms with Crippen LogP contribution in [0, 0.1) is 29.1 Å². The summed E-state index contributed by atoms with van der Waals surface area (Å²) in [7, 11) is 0. The average molecular weight is 217 g/mol. The van der Waals surface area contributed by atoms with E-state index in [0.29, 0.717) is 11.1 Å². The number of nitriles is 2. The quantitative estimate of drug-likeness (QED) is 0.776. The van der Waals surface area contributed by atoms with Gasteiger partial charge in [-0.3, -0.25) is 0 Å². The molecule has 2 nitrogen and oxygen atoms in total. The zero-order valence-corrected chi connectivity index (χ0v) is 9.09. The molecule has 0 saturated heterocycles. The van der Waals surface area contributed by atoms with Crippen LogP contribution in [0.15, 0.2) is 48.5 Å². The minimum atomic E-state index is 0.655. The second kappa shape index (κ2) is 4.96. The summed E-state index contributed by atoms with van der Waals surface area (Å²) < 4.78 is 0. The number of benzene rings is 2. The van der Waals surface area contributed by atoms with Crippen LogP contribution in [-0.2, 0) is 0 Å². The normalized spacial score (nSPS) is 9.29. The topological polar surface area (TPSA) is 47.6 Å². The molecule has 2 aromatic rings. The van der Waals surface area contributed by atoms with E-state index in [0.717, 1.165) is 11.1 Å². The second-order valence-electron chi connectivity index (χ2n) is 3.61. The Hall–Kier alpha value is -2.58. The highest BCUT2D eigenvalue weighted by atomic mass is 14.2. The van der Waals surface area contributed by atoms with Gasteiger partial charge in [0.25, 0.3) is 0 Å². The predicted octanol–water partition coefficient (Wildman–Crippen LogP) is 3.03. The first-order chi connectivity index (χ1) is 8.31. The Kier molecular flexibility index (Phi) is 3.19. The summed E-state index contributed by atoms with van der Waals surface area (Å²) in [5, 5.41) is 17.4. The zero-order chi connectivity index (χ0) is 12.1. The Morgan fingerprint density at radius 1 is 0.647 bits per heavy atom. The van der Waals surface area contributed by atoms with Crippen LogP contribution in [0.2, 0.25) is 0 Å². The van der Waals surface area contributed by atoms with Crippen molar-refractivity contribution in [1.29, 1.82) is 10.5 Å². The van der Waals surface area contributed by atoms with Gasteiger partial charge in [-0.05, 0) is 35.4 Å². The lowest BCUT2D eigenvalue weighted by atomic mass is 10.0. The molecule has 0 saturated carbocycles. The van der Waals surface area contributed by atoms with Gasteiger partial charge in [0.05, 0.1) is 23.3 Å². The molecule has 0 spiro atoms. The summed E-state index contributed by atoms with van der Waals surface area (Å²) in [4.78, 5) is 0. The first kappa shape index (κ1) is 10.9. The Balaban J connectivity index is 2.14. The molecule has 0 heterocycles. The molecule has 0 bridgehead atoms. The van der Waals surface area contributed by atoms with E-state index in [1.54, 1.807) is 24.3 Å². The highest BCUT2D eigenvalue weighted by Gasteiger charge is 1.98. The van der Waals surface area contributed by atoms with Gasteiger partial charge < -0.3 is 0 Å². The van der Waals surface area contributed by atoms with Crippen LogP contribution in [0.3, 0.4) is 0 Å². The molecule has 0 aliphatic heterocycles. The third-order valence-corrected chi connectivity index (χ3v) is 2.41. The summed E-state index contributed by atoms with van der Waals surface area (Å²) in [6, 6.07) is 18.9. The van der Waals surface area contributed by atoms with Crippen molar-refractivity contribution in [3.8, 4) is 12.1 Å². The van der Waals surface area contributed by atoms with Crippen molar-refractivity contribution in [1.82, 2.24) is 0 Å². The van der Waals surface area contributed by atoms with E-state index in [1.165, 1.54) is 0 Å². The third-order valence-electron chi connectivity index (χ3n) is 2.41. The lowest BCUT2D eigenvalue weighted by molar-refractivity contribution is 1.40. The Bertz CT molecular complexity index is 525. The SMILES string of the molecule is N#Cc1ccc([CH]c2ccc(C#N)cc2)cc1. The maximum absolute atomic E-state index is 8.69. The van der Waals surface area contributed by atoms with Crippen LogP contribution in [-0.4, -0.2) is 0 Å². The van der Waals surface area contributed by atoms with Crippen molar-refractivity contribution in [2.75, 3.05) is 0 Å². The molecule has 0 N–H and O–H groups in total. The van der Waals surface area contributed by atoms with Crippen LogP contribution in [0.5, 0.6) is 0 Å². The van der Waals surface area contributed by atoms with Crippen LogP contribution in [0.25, 0.3) is 0 Å². The third kappa shape index (κ3) is 2.71. The van der Waals surface area contributed by atoms with E-state index in [9.17, 15) is 0 Å². The van der Waals surface area contributed by atoms with Crippen LogP contribution in [0.1, 0.15) is 22.3 Å². The van der Waals surface area contributed by atoms with E-state index in [-0.39, 0.29) is 0 Å². The first-order valence-electron chi connectivity index (χ1n) is 5.17. The fourth-order valence-corrected chi connectivity index (χ4v) is 1.50. The molecule has 0 aromatic heterocycles. The Morgan fingerprint density at radius 2 is 1.00 bits per heavy atom. The molecule has 79 valence electrons. The molecule has 1 radical (unpaired) electrons. The number of hydrogen-bond acceptors (Lipinski definition) is 2. The summed E-state index contributed by atoms with van der Waals surface area (Å²) in [6.07, 6.45) is 2.00. The van der Waals surface area contributed by atoms with Gasteiger partial charge in [0, 0.05) is 6.42 Å². The van der Waals surface area contributed by atoms with Gasteiger partial charge >= 0.3 is 0 Å². The molecular weight excluding hydrogens is 208 g/mol. The molecule has 0 atom stereocenters. The van der Waals surface area contributed by atoms with Gasteiger partial charge in [-0.2, -0.15) is 10.5 Å². The van der Waals surface area contributed by atoms with Gasteiger partial charge in [0.1, 0.15) is 0 Å². The minimum absolute atomic E-state index is 0.655. The second-order valence-corrected chi connectivity index (χ2v) is 3.61. The van der Waals surface area contributed by atoms with Gasteiger partial charge in [0.2, 0.25) is 0 Å². The van der Waals surface area contributed by atoms with Crippen molar-refractivity contribution in [2.24, 2.45) is 0 Å². The summed E-state index contributed by atoms with van der Waals surface area (Å²) in [5.41, 5.74) is 3.38. The molecule has 2 aromatic carbocycles. The molecule has 0 aliphatic rings. The molecular formula is C15H9N2. The number of nitrogens with zero attached hydrogens (tertiary/aromatic N) is 2. The van der Waals surface area contributed by atoms with Crippen LogP contribution < -0.4 is 0 Å². The largest absolute Gasteiger partial charge is 0.192 e. The monoisotopic (exact) mass is 217 g/mol. The lowest BCUT2D eigenvalue weighted by Crippen LogP contribution is -1.86. The highest BCUT2D eigenvalue weighted by Crippen LogP contribution is 2.13. The van der Waals surface area contributed by atoms with E-state index in [1.807, 2.05) is 30.7 Å². The van der Waals surface area contributed by atoms with Crippen molar-refractivity contribution in [3.63, 3.8) is 0 Å².